The molecule has 0 radical (unpaired) electrons. The number of carbonyl (C=O) groups excluding carboxylic acids is 4. The number of methoxy groups -OCH3 is 2. The zero-order valence-corrected chi connectivity index (χ0v) is 40.0. The molecule has 4 aromatic rings. The van der Waals surface area contributed by atoms with Gasteiger partial charge < -0.3 is 37.9 Å². The van der Waals surface area contributed by atoms with Gasteiger partial charge in [0.15, 0.2) is 0 Å². The lowest BCUT2D eigenvalue weighted by Gasteiger charge is -2.37. The van der Waals surface area contributed by atoms with Gasteiger partial charge in [0, 0.05) is 16.7 Å². The lowest BCUT2D eigenvalue weighted by Crippen LogP contribution is -2.39. The Kier molecular flexibility index (Phi) is 16.9. The van der Waals surface area contributed by atoms with Gasteiger partial charge in [-0.2, -0.15) is 0 Å². The first kappa shape index (κ1) is 50.4. The average molecular weight is 905 g/mol. The van der Waals surface area contributed by atoms with E-state index < -0.39 is 30.2 Å². The number of hydrogen-bond acceptors (Lipinski definition) is 12. The first-order valence-electron chi connectivity index (χ1n) is 22.3. The molecular weight excluding hydrogens is 841 g/mol. The second kappa shape index (κ2) is 22.1. The van der Waals surface area contributed by atoms with Crippen molar-refractivity contribution in [3.8, 4) is 23.0 Å². The molecule has 12 nitrogen and oxygen atoms in total. The molecule has 0 aliphatic heterocycles. The van der Waals surface area contributed by atoms with Crippen LogP contribution in [0.25, 0.3) is 0 Å². The van der Waals surface area contributed by atoms with Crippen molar-refractivity contribution >= 4 is 24.6 Å². The lowest BCUT2D eigenvalue weighted by atomic mass is 9.75. The second-order valence-corrected chi connectivity index (χ2v) is 18.5. The van der Waals surface area contributed by atoms with E-state index in [9.17, 15) is 19.2 Å². The minimum absolute atomic E-state index is 0.229. The summed E-state index contributed by atoms with van der Waals surface area (Å²) >= 11 is 0. The lowest BCUT2D eigenvalue weighted by molar-refractivity contribution is -0.0343. The predicted molar refractivity (Wildman–Crippen MR) is 251 cm³/mol. The van der Waals surface area contributed by atoms with Crippen molar-refractivity contribution in [3.63, 3.8) is 0 Å². The summed E-state index contributed by atoms with van der Waals surface area (Å²) in [5, 5.41) is 0. The molecule has 0 bridgehead atoms. The molecule has 0 amide bonds. The first-order valence-corrected chi connectivity index (χ1v) is 22.3. The number of hydrogen-bond donors (Lipinski definition) is 0. The third-order valence-corrected chi connectivity index (χ3v) is 12.7. The Hall–Kier alpha value is -6.56. The second-order valence-electron chi connectivity index (χ2n) is 18.5. The summed E-state index contributed by atoms with van der Waals surface area (Å²) in [6.45, 7) is 18.8. The van der Waals surface area contributed by atoms with E-state index in [2.05, 4.69) is 70.1 Å². The van der Waals surface area contributed by atoms with Crippen LogP contribution in [0.5, 0.6) is 23.0 Å². The number of ether oxygens (including phenoxy) is 8. The van der Waals surface area contributed by atoms with Crippen molar-refractivity contribution in [2.24, 2.45) is 17.8 Å². The van der Waals surface area contributed by atoms with E-state index >= 15 is 0 Å². The summed E-state index contributed by atoms with van der Waals surface area (Å²) < 4.78 is 41.0. The molecule has 0 saturated carbocycles. The van der Waals surface area contributed by atoms with Crippen molar-refractivity contribution < 1.29 is 57.1 Å². The summed E-state index contributed by atoms with van der Waals surface area (Å²) in [5.41, 5.74) is 4.30. The van der Waals surface area contributed by atoms with Crippen molar-refractivity contribution in [2.45, 2.75) is 111 Å². The van der Waals surface area contributed by atoms with Gasteiger partial charge in [0.2, 0.25) is 0 Å². The molecule has 12 heteroatoms. The minimum Gasteiger partial charge on any atom is -0.437 e. The molecule has 4 unspecified atom stereocenters. The van der Waals surface area contributed by atoms with Gasteiger partial charge in [0.1, 0.15) is 34.7 Å². The van der Waals surface area contributed by atoms with Crippen molar-refractivity contribution in [1.82, 2.24) is 0 Å². The highest BCUT2D eigenvalue weighted by Gasteiger charge is 2.36. The largest absolute Gasteiger partial charge is 0.514 e. The SMILES string of the molecule is COC(=O)Oc1ccc(C(C)(C)c2ccc(OC(=O)OC(C)(C)C3CC=C(C)C(C)C3)cc2)cc1.COC(=O)Oc1ccc(C(C)(C)c2ccc(OC(=O)OC3C=CC(C)CC3)cc2)cc1. The summed E-state index contributed by atoms with van der Waals surface area (Å²) in [4.78, 5) is 47.1. The fourth-order valence-electron chi connectivity index (χ4n) is 7.86. The Bertz CT molecular complexity index is 2320. The van der Waals surface area contributed by atoms with E-state index in [4.69, 9.17) is 28.4 Å². The maximum atomic E-state index is 12.5. The molecule has 66 heavy (non-hydrogen) atoms. The molecule has 0 fully saturated rings. The Morgan fingerprint density at radius 1 is 0.515 bits per heavy atom. The van der Waals surface area contributed by atoms with Crippen LogP contribution < -0.4 is 18.9 Å². The van der Waals surface area contributed by atoms with E-state index in [-0.39, 0.29) is 22.9 Å². The van der Waals surface area contributed by atoms with Gasteiger partial charge in [-0.3, -0.25) is 0 Å². The molecule has 0 aromatic heterocycles. The van der Waals surface area contributed by atoms with Crippen LogP contribution in [0.3, 0.4) is 0 Å². The van der Waals surface area contributed by atoms with Gasteiger partial charge in [-0.1, -0.05) is 108 Å². The zero-order chi connectivity index (χ0) is 48.2. The third kappa shape index (κ3) is 13.7. The minimum atomic E-state index is -0.755. The monoisotopic (exact) mass is 904 g/mol. The molecular formula is C54H64O12. The number of allylic oxidation sites excluding steroid dienone is 3. The molecule has 0 heterocycles. The Balaban J connectivity index is 0.000000249. The molecule has 352 valence electrons. The van der Waals surface area contributed by atoms with Crippen molar-refractivity contribution in [2.75, 3.05) is 14.2 Å². The van der Waals surface area contributed by atoms with E-state index in [1.807, 2.05) is 68.5 Å². The topological polar surface area (TPSA) is 142 Å². The highest BCUT2D eigenvalue weighted by Crippen LogP contribution is 2.38. The zero-order valence-electron chi connectivity index (χ0n) is 40.0. The molecule has 2 aliphatic rings. The molecule has 0 saturated heterocycles. The van der Waals surface area contributed by atoms with Crippen LogP contribution in [-0.2, 0) is 29.8 Å². The van der Waals surface area contributed by atoms with Crippen molar-refractivity contribution in [3.05, 3.63) is 143 Å². The van der Waals surface area contributed by atoms with Crippen LogP contribution in [0, 0.1) is 17.8 Å². The summed E-state index contributed by atoms with van der Waals surface area (Å²) in [5.74, 6) is 2.94. The van der Waals surface area contributed by atoms with Crippen molar-refractivity contribution in [1.29, 1.82) is 0 Å². The maximum absolute atomic E-state index is 12.5. The van der Waals surface area contributed by atoms with Gasteiger partial charge in [-0.05, 0) is 135 Å². The third-order valence-electron chi connectivity index (χ3n) is 12.7. The van der Waals surface area contributed by atoms with Crippen LogP contribution in [0.1, 0.15) is 110 Å². The van der Waals surface area contributed by atoms with Gasteiger partial charge >= 0.3 is 24.6 Å². The van der Waals surface area contributed by atoms with Crippen LogP contribution in [0.4, 0.5) is 19.2 Å². The fraction of sp³-hybridized carbons (Fsp3) is 0.407. The van der Waals surface area contributed by atoms with Crippen LogP contribution in [0.2, 0.25) is 0 Å². The van der Waals surface area contributed by atoms with Crippen LogP contribution in [-0.4, -0.2) is 50.5 Å². The van der Waals surface area contributed by atoms with Gasteiger partial charge in [0.25, 0.3) is 0 Å². The van der Waals surface area contributed by atoms with Crippen LogP contribution in [0.15, 0.2) is 121 Å². The predicted octanol–water partition coefficient (Wildman–Crippen LogP) is 13.5. The Labute approximate surface area is 389 Å². The van der Waals surface area contributed by atoms with Crippen LogP contribution >= 0.6 is 0 Å². The smallest absolute Gasteiger partial charge is 0.437 e. The molecule has 4 aromatic carbocycles. The highest BCUT2D eigenvalue weighted by atomic mass is 16.7. The fourth-order valence-corrected chi connectivity index (χ4v) is 7.86. The van der Waals surface area contributed by atoms with E-state index in [1.54, 1.807) is 48.5 Å². The van der Waals surface area contributed by atoms with E-state index in [0.717, 1.165) is 47.9 Å². The Morgan fingerprint density at radius 3 is 1.24 bits per heavy atom. The van der Waals surface area contributed by atoms with Gasteiger partial charge in [0.05, 0.1) is 14.2 Å². The maximum Gasteiger partial charge on any atom is 0.514 e. The van der Waals surface area contributed by atoms with E-state index in [1.165, 1.54) is 19.8 Å². The molecule has 0 N–H and O–H groups in total. The van der Waals surface area contributed by atoms with Gasteiger partial charge in [-0.15, -0.1) is 0 Å². The Morgan fingerprint density at radius 2 is 0.894 bits per heavy atom. The molecule has 0 spiro atoms. The molecule has 6 rings (SSSR count). The summed E-state index contributed by atoms with van der Waals surface area (Å²) in [6.07, 6.45) is 6.79. The quantitative estimate of drug-likeness (QED) is 0.0612. The number of benzene rings is 4. The number of rotatable bonds is 11. The summed E-state index contributed by atoms with van der Waals surface area (Å²) in [6, 6.07) is 29.3. The highest BCUT2D eigenvalue weighted by molar-refractivity contribution is 5.66. The molecule has 4 atom stereocenters. The number of carbonyl (C=O) groups is 4. The average Bonchev–Trinajstić information content (AvgIpc) is 3.28. The molecule has 2 aliphatic carbocycles. The summed E-state index contributed by atoms with van der Waals surface area (Å²) in [7, 11) is 2.53. The van der Waals surface area contributed by atoms with E-state index in [0.29, 0.717) is 34.8 Å². The normalized spacial score (nSPS) is 18.3. The first-order chi connectivity index (χ1) is 31.2. The standard InChI is InChI=1S/C29H36O6.C25H28O6/c1-19-8-9-23(18-20(19)2)29(5,6)35-27(31)34-25-16-12-22(13-17-25)28(3,4)21-10-14-24(15-11-21)33-26(30)32-7;1-17-5-11-20(12-6-17)30-24(27)31-22-15-9-19(10-16-22)25(2,3)18-7-13-21(14-8-18)29-23(26)28-4/h8,10-17,20,23H,9,18H2,1-7H3;5,7-11,13-17,20H,6,12H2,1-4H3. The van der Waals surface area contributed by atoms with Gasteiger partial charge in [-0.25, -0.2) is 19.2 Å².